The van der Waals surface area contributed by atoms with E-state index in [9.17, 15) is 10.5 Å². The average Bonchev–Trinajstić information content (AvgIpc) is 3.32. The normalized spacial score (nSPS) is 20.7. The monoisotopic (exact) mass is 791 g/mol. The molecule has 0 saturated heterocycles. The van der Waals surface area contributed by atoms with Crippen molar-refractivity contribution in [1.29, 1.82) is 10.5 Å². The van der Waals surface area contributed by atoms with E-state index in [2.05, 4.69) is 189 Å². The van der Waals surface area contributed by atoms with Crippen molar-refractivity contribution in [2.75, 3.05) is 4.90 Å². The third-order valence-electron chi connectivity index (χ3n) is 14.5. The van der Waals surface area contributed by atoms with E-state index in [4.69, 9.17) is 0 Å². The molecule has 62 heavy (non-hydrogen) atoms. The van der Waals surface area contributed by atoms with E-state index in [1.807, 2.05) is 12.1 Å². The van der Waals surface area contributed by atoms with Crippen LogP contribution in [0.2, 0.25) is 0 Å². The minimum atomic E-state index is -0.0791. The lowest BCUT2D eigenvalue weighted by atomic mass is 9.32. The van der Waals surface area contributed by atoms with Gasteiger partial charge in [-0.05, 0) is 140 Å². The first-order valence-electron chi connectivity index (χ1n) is 22.0. The van der Waals surface area contributed by atoms with Gasteiger partial charge in [-0.3, -0.25) is 0 Å². The Morgan fingerprint density at radius 3 is 2.15 bits per heavy atom. The van der Waals surface area contributed by atoms with Gasteiger partial charge in [0.1, 0.15) is 0 Å². The molecule has 0 N–H and O–H groups in total. The number of para-hydroxylation sites is 1. The molecule has 4 atom stereocenters. The van der Waals surface area contributed by atoms with E-state index in [1.165, 1.54) is 71.9 Å². The first-order chi connectivity index (χ1) is 30.5. The number of benzene rings is 6. The minimum Gasteiger partial charge on any atom is -0.311 e. The summed E-state index contributed by atoms with van der Waals surface area (Å²) in [5.41, 5.74) is 21.2. The molecule has 3 nitrogen and oxygen atoms in total. The van der Waals surface area contributed by atoms with Crippen LogP contribution in [-0.4, -0.2) is 6.71 Å². The molecule has 0 saturated carbocycles. The Bertz CT molecular complexity index is 3240. The van der Waals surface area contributed by atoms with Gasteiger partial charge in [0.05, 0.1) is 29.0 Å². The van der Waals surface area contributed by atoms with Crippen LogP contribution in [0, 0.1) is 54.3 Å². The van der Waals surface area contributed by atoms with Gasteiger partial charge in [0.25, 0.3) is 0 Å². The Labute approximate surface area is 364 Å². The van der Waals surface area contributed by atoms with Crippen LogP contribution >= 0.6 is 0 Å². The van der Waals surface area contributed by atoms with Crippen molar-refractivity contribution in [2.24, 2.45) is 17.8 Å². The largest absolute Gasteiger partial charge is 0.311 e. The number of nitriles is 2. The summed E-state index contributed by atoms with van der Waals surface area (Å²) in [7, 11) is 0. The number of rotatable bonds is 4. The van der Waals surface area contributed by atoms with E-state index in [-0.39, 0.29) is 24.5 Å². The lowest BCUT2D eigenvalue weighted by Crippen LogP contribution is -2.60. The SMILES string of the molecule is Cc1cccc(C)c1N1c2cc3c(cc2B2c4c(cc(C#N)cc41)-c1ccc(-c4ccc(C#N)cc4)c4cccc2c14)C(C1C=CC=CC1)=C1C=CC=CC1C3C1C=CC=CC1. The van der Waals surface area contributed by atoms with Gasteiger partial charge in [0.2, 0.25) is 6.71 Å². The van der Waals surface area contributed by atoms with Crippen molar-refractivity contribution in [3.05, 3.63) is 209 Å². The van der Waals surface area contributed by atoms with E-state index in [0.717, 1.165) is 40.8 Å². The van der Waals surface area contributed by atoms with E-state index >= 15 is 0 Å². The molecule has 6 aromatic rings. The van der Waals surface area contributed by atoms with Crippen LogP contribution in [-0.2, 0) is 0 Å². The van der Waals surface area contributed by atoms with Gasteiger partial charge in [0, 0.05) is 29.1 Å². The van der Waals surface area contributed by atoms with Crippen molar-refractivity contribution >= 4 is 56.5 Å². The third kappa shape index (κ3) is 5.30. The molecule has 4 aliphatic carbocycles. The highest BCUT2D eigenvalue weighted by molar-refractivity contribution is 7.01. The predicted molar refractivity (Wildman–Crippen MR) is 257 cm³/mol. The molecule has 292 valence electrons. The molecule has 0 aromatic heterocycles. The second kappa shape index (κ2) is 14.1. The van der Waals surface area contributed by atoms with Crippen LogP contribution in [0.1, 0.15) is 52.1 Å². The van der Waals surface area contributed by atoms with Gasteiger partial charge in [-0.25, -0.2) is 0 Å². The van der Waals surface area contributed by atoms with Gasteiger partial charge in [-0.15, -0.1) is 0 Å². The van der Waals surface area contributed by atoms with Crippen molar-refractivity contribution < 1.29 is 0 Å². The molecular formula is C58H42BN3. The summed E-state index contributed by atoms with van der Waals surface area (Å²) in [6.07, 6.45) is 29.8. The van der Waals surface area contributed by atoms with E-state index in [1.54, 1.807) is 0 Å². The lowest BCUT2D eigenvalue weighted by Gasteiger charge is -2.45. The number of allylic oxidation sites excluding steroid dienone is 14. The van der Waals surface area contributed by atoms with Gasteiger partial charge in [-0.2, -0.15) is 10.5 Å². The van der Waals surface area contributed by atoms with Crippen molar-refractivity contribution in [3.8, 4) is 34.4 Å². The van der Waals surface area contributed by atoms with Gasteiger partial charge >= 0.3 is 0 Å². The summed E-state index contributed by atoms with van der Waals surface area (Å²) >= 11 is 0. The summed E-state index contributed by atoms with van der Waals surface area (Å²) in [5.74, 6) is 1.09. The fourth-order valence-corrected chi connectivity index (χ4v) is 11.9. The van der Waals surface area contributed by atoms with Gasteiger partial charge < -0.3 is 4.90 Å². The van der Waals surface area contributed by atoms with Crippen molar-refractivity contribution in [2.45, 2.75) is 32.6 Å². The fraction of sp³-hybridized carbons (Fsp3) is 0.138. The maximum Gasteiger partial charge on any atom is 0.248 e. The zero-order valence-corrected chi connectivity index (χ0v) is 34.8. The molecule has 6 aromatic carbocycles. The molecule has 2 aliphatic heterocycles. The summed E-state index contributed by atoms with van der Waals surface area (Å²) < 4.78 is 0. The van der Waals surface area contributed by atoms with Crippen LogP contribution in [0.5, 0.6) is 0 Å². The number of anilines is 3. The Morgan fingerprint density at radius 2 is 1.39 bits per heavy atom. The summed E-state index contributed by atoms with van der Waals surface area (Å²) in [6, 6.07) is 40.3. The third-order valence-corrected chi connectivity index (χ3v) is 14.5. The molecule has 6 aliphatic rings. The maximum atomic E-state index is 10.8. The molecule has 4 unspecified atom stereocenters. The molecule has 0 fully saturated rings. The standard InChI is InChI=1S/C58H42BN3/c1-35-13-11-14-36(2)58(35)62-52-32-48-47(54(40-15-5-3-6-16-40)44-19-9-10-20-45(44)55(48)41-17-7-4-8-18-41)31-51(52)59-50-22-12-21-43-42(39-25-23-37(33-60)24-26-39)27-28-46(56(43)50)49-29-38(34-61)30-53(62)57(49)59/h3-15,17,19-32,40-41,45,55H,16,18H2,1-2H3. The number of hydrogen-bond donors (Lipinski definition) is 0. The predicted octanol–water partition coefficient (Wildman–Crippen LogP) is 12.0. The Balaban J connectivity index is 1.21. The van der Waals surface area contributed by atoms with Gasteiger partial charge in [0.15, 0.2) is 0 Å². The molecule has 0 radical (unpaired) electrons. The second-order valence-electron chi connectivity index (χ2n) is 17.7. The molecule has 0 bridgehead atoms. The molecule has 2 heterocycles. The topological polar surface area (TPSA) is 50.8 Å². The number of fused-ring (bicyclic) bond motifs is 6. The van der Waals surface area contributed by atoms with Crippen LogP contribution < -0.4 is 21.3 Å². The Kier molecular flexibility index (Phi) is 8.29. The first kappa shape index (κ1) is 36.5. The fourth-order valence-electron chi connectivity index (χ4n) is 11.9. The van der Waals surface area contributed by atoms with E-state index in [0.29, 0.717) is 17.0 Å². The van der Waals surface area contributed by atoms with Crippen LogP contribution in [0.15, 0.2) is 176 Å². The average molecular weight is 792 g/mol. The smallest absolute Gasteiger partial charge is 0.248 e. The first-order valence-corrected chi connectivity index (χ1v) is 22.0. The highest BCUT2D eigenvalue weighted by Crippen LogP contribution is 2.55. The zero-order chi connectivity index (χ0) is 41.6. The highest BCUT2D eigenvalue weighted by atomic mass is 15.2. The number of aryl methyl sites for hydroxylation is 2. The van der Waals surface area contributed by atoms with Gasteiger partial charge in [-0.1, -0.05) is 145 Å². The summed E-state index contributed by atoms with van der Waals surface area (Å²) in [4.78, 5) is 2.53. The summed E-state index contributed by atoms with van der Waals surface area (Å²) in [5, 5.41) is 22.8. The number of nitrogens with zero attached hydrogens (tertiary/aromatic N) is 3. The Hall–Kier alpha value is -7.40. The molecular weight excluding hydrogens is 749 g/mol. The molecule has 4 heteroatoms. The van der Waals surface area contributed by atoms with Crippen LogP contribution in [0.3, 0.4) is 0 Å². The van der Waals surface area contributed by atoms with Crippen molar-refractivity contribution in [1.82, 2.24) is 0 Å². The molecule has 12 rings (SSSR count). The van der Waals surface area contributed by atoms with Crippen molar-refractivity contribution in [3.63, 3.8) is 0 Å². The zero-order valence-electron chi connectivity index (χ0n) is 34.8. The number of hydrogen-bond acceptors (Lipinski definition) is 3. The van der Waals surface area contributed by atoms with E-state index < -0.39 is 0 Å². The molecule has 0 spiro atoms. The second-order valence-corrected chi connectivity index (χ2v) is 17.7. The van der Waals surface area contributed by atoms with Crippen LogP contribution in [0.25, 0.3) is 38.6 Å². The van der Waals surface area contributed by atoms with Crippen LogP contribution in [0.4, 0.5) is 17.1 Å². The Morgan fingerprint density at radius 1 is 0.629 bits per heavy atom. The summed E-state index contributed by atoms with van der Waals surface area (Å²) in [6.45, 7) is 4.38. The maximum absolute atomic E-state index is 10.8. The lowest BCUT2D eigenvalue weighted by molar-refractivity contribution is 0.435. The molecule has 0 amide bonds. The minimum absolute atomic E-state index is 0.0791. The highest BCUT2D eigenvalue weighted by Gasteiger charge is 2.46. The quantitative estimate of drug-likeness (QED) is 0.167.